The summed E-state index contributed by atoms with van der Waals surface area (Å²) in [7, 11) is 1.73. The Balaban J connectivity index is 0.00000312. The highest BCUT2D eigenvalue weighted by Gasteiger charge is 2.13. The highest BCUT2D eigenvalue weighted by Crippen LogP contribution is 2.10. The fraction of sp³-hybridized carbons (Fsp3) is 0.611. The van der Waals surface area contributed by atoms with Crippen LogP contribution in [0.25, 0.3) is 0 Å². The standard InChI is InChI=1S/C18H28FN3O2.HI/c1-20-18(22-11-7-15-5-2-3-6-17(15)19)21-10-4-12-24-16-8-13-23-14-9-16;/h2-3,5-6,16H,4,7-14H2,1H3,(H2,20,21,22);1H. The van der Waals surface area contributed by atoms with Gasteiger partial charge in [0.05, 0.1) is 6.10 Å². The van der Waals surface area contributed by atoms with Crippen molar-refractivity contribution in [3.8, 4) is 0 Å². The summed E-state index contributed by atoms with van der Waals surface area (Å²) in [5, 5.41) is 6.45. The van der Waals surface area contributed by atoms with Crippen molar-refractivity contribution < 1.29 is 13.9 Å². The molecular formula is C18H29FIN3O2. The van der Waals surface area contributed by atoms with Crippen molar-refractivity contribution in [2.75, 3.05) is 40.0 Å². The lowest BCUT2D eigenvalue weighted by Gasteiger charge is -2.22. The summed E-state index contributed by atoms with van der Waals surface area (Å²) in [6.45, 7) is 3.79. The molecule has 142 valence electrons. The second kappa shape index (κ2) is 13.3. The third kappa shape index (κ3) is 8.82. The number of ether oxygens (including phenoxy) is 2. The molecular weight excluding hydrogens is 436 g/mol. The summed E-state index contributed by atoms with van der Waals surface area (Å²) in [6.07, 6.45) is 3.88. The van der Waals surface area contributed by atoms with E-state index in [4.69, 9.17) is 9.47 Å². The number of nitrogens with one attached hydrogen (secondary N) is 2. The van der Waals surface area contributed by atoms with Crippen LogP contribution in [0.15, 0.2) is 29.3 Å². The molecule has 1 aliphatic rings. The van der Waals surface area contributed by atoms with Crippen LogP contribution in [0.2, 0.25) is 0 Å². The van der Waals surface area contributed by atoms with Crippen molar-refractivity contribution in [3.05, 3.63) is 35.6 Å². The van der Waals surface area contributed by atoms with Gasteiger partial charge in [-0.25, -0.2) is 4.39 Å². The van der Waals surface area contributed by atoms with Crippen LogP contribution in [0.3, 0.4) is 0 Å². The first-order chi connectivity index (χ1) is 11.8. The number of benzene rings is 1. The molecule has 0 saturated carbocycles. The van der Waals surface area contributed by atoms with Crippen molar-refractivity contribution in [1.82, 2.24) is 10.6 Å². The van der Waals surface area contributed by atoms with Crippen molar-refractivity contribution in [3.63, 3.8) is 0 Å². The quantitative estimate of drug-likeness (QED) is 0.269. The summed E-state index contributed by atoms with van der Waals surface area (Å²) < 4.78 is 24.7. The monoisotopic (exact) mass is 465 g/mol. The minimum atomic E-state index is -0.160. The molecule has 0 amide bonds. The first-order valence-electron chi connectivity index (χ1n) is 8.67. The minimum Gasteiger partial charge on any atom is -0.381 e. The van der Waals surface area contributed by atoms with Crippen LogP contribution >= 0.6 is 24.0 Å². The average Bonchev–Trinajstić information content (AvgIpc) is 2.62. The molecule has 5 nitrogen and oxygen atoms in total. The van der Waals surface area contributed by atoms with Gasteiger partial charge < -0.3 is 20.1 Å². The highest BCUT2D eigenvalue weighted by atomic mass is 127. The first kappa shape index (κ1) is 22.1. The molecule has 0 atom stereocenters. The molecule has 25 heavy (non-hydrogen) atoms. The molecule has 7 heteroatoms. The van der Waals surface area contributed by atoms with Gasteiger partial charge in [0.1, 0.15) is 5.82 Å². The third-order valence-electron chi connectivity index (χ3n) is 4.00. The number of guanidine groups is 1. The lowest BCUT2D eigenvalue weighted by atomic mass is 10.1. The zero-order valence-corrected chi connectivity index (χ0v) is 17.1. The Kier molecular flexibility index (Phi) is 11.8. The summed E-state index contributed by atoms with van der Waals surface area (Å²) >= 11 is 0. The maximum Gasteiger partial charge on any atom is 0.190 e. The van der Waals surface area contributed by atoms with E-state index in [0.717, 1.165) is 51.6 Å². The number of nitrogens with zero attached hydrogens (tertiary/aromatic N) is 1. The molecule has 2 rings (SSSR count). The van der Waals surface area contributed by atoms with E-state index in [2.05, 4.69) is 15.6 Å². The van der Waals surface area contributed by atoms with Crippen molar-refractivity contribution >= 4 is 29.9 Å². The largest absolute Gasteiger partial charge is 0.381 e. The maximum absolute atomic E-state index is 13.5. The molecule has 0 bridgehead atoms. The summed E-state index contributed by atoms with van der Waals surface area (Å²) in [4.78, 5) is 4.17. The summed E-state index contributed by atoms with van der Waals surface area (Å²) in [5.41, 5.74) is 0.713. The van der Waals surface area contributed by atoms with Gasteiger partial charge in [0.25, 0.3) is 0 Å². The van der Waals surface area contributed by atoms with Gasteiger partial charge in [-0.1, -0.05) is 18.2 Å². The Hall–Kier alpha value is -0.930. The van der Waals surface area contributed by atoms with Gasteiger partial charge in [-0.15, -0.1) is 24.0 Å². The molecule has 1 heterocycles. The van der Waals surface area contributed by atoms with E-state index in [-0.39, 0.29) is 29.8 Å². The van der Waals surface area contributed by atoms with Crippen LogP contribution < -0.4 is 10.6 Å². The van der Waals surface area contributed by atoms with Crippen LogP contribution in [0.1, 0.15) is 24.8 Å². The van der Waals surface area contributed by atoms with E-state index in [9.17, 15) is 4.39 Å². The molecule has 0 spiro atoms. The number of rotatable bonds is 8. The van der Waals surface area contributed by atoms with E-state index >= 15 is 0 Å². The molecule has 0 unspecified atom stereocenters. The minimum absolute atomic E-state index is 0. The van der Waals surface area contributed by atoms with E-state index in [1.165, 1.54) is 6.07 Å². The third-order valence-corrected chi connectivity index (χ3v) is 4.00. The van der Waals surface area contributed by atoms with Crippen molar-refractivity contribution in [2.45, 2.75) is 31.8 Å². The van der Waals surface area contributed by atoms with E-state index in [0.29, 0.717) is 24.6 Å². The van der Waals surface area contributed by atoms with E-state index in [1.807, 2.05) is 6.07 Å². The number of aliphatic imine (C=N–C) groups is 1. The molecule has 0 radical (unpaired) electrons. The van der Waals surface area contributed by atoms with Gasteiger partial charge in [-0.2, -0.15) is 0 Å². The lowest BCUT2D eigenvalue weighted by molar-refractivity contribution is -0.0320. The van der Waals surface area contributed by atoms with Gasteiger partial charge in [0.2, 0.25) is 0 Å². The zero-order valence-electron chi connectivity index (χ0n) is 14.8. The van der Waals surface area contributed by atoms with Crippen LogP contribution in [0, 0.1) is 5.82 Å². The van der Waals surface area contributed by atoms with Gasteiger partial charge in [0, 0.05) is 40.0 Å². The topological polar surface area (TPSA) is 54.9 Å². The van der Waals surface area contributed by atoms with Crippen LogP contribution in [-0.2, 0) is 15.9 Å². The van der Waals surface area contributed by atoms with Crippen molar-refractivity contribution in [2.24, 2.45) is 4.99 Å². The fourth-order valence-electron chi connectivity index (χ4n) is 2.61. The second-order valence-corrected chi connectivity index (χ2v) is 5.80. The summed E-state index contributed by atoms with van der Waals surface area (Å²) in [6, 6.07) is 6.85. The van der Waals surface area contributed by atoms with Crippen LogP contribution in [0.5, 0.6) is 0 Å². The lowest BCUT2D eigenvalue weighted by Crippen LogP contribution is -2.39. The Morgan fingerprint density at radius 1 is 1.24 bits per heavy atom. The predicted octanol–water partition coefficient (Wildman–Crippen LogP) is 2.74. The Labute approximate surface area is 166 Å². The Bertz CT molecular complexity index is 511. The molecule has 1 aliphatic heterocycles. The molecule has 1 aromatic carbocycles. The average molecular weight is 465 g/mol. The fourth-order valence-corrected chi connectivity index (χ4v) is 2.61. The maximum atomic E-state index is 13.5. The normalized spacial score (nSPS) is 15.5. The van der Waals surface area contributed by atoms with Crippen LogP contribution in [-0.4, -0.2) is 52.0 Å². The molecule has 1 saturated heterocycles. The molecule has 0 aromatic heterocycles. The SMILES string of the molecule is CN=C(NCCCOC1CCOCC1)NCCc1ccccc1F.I. The number of hydrogen-bond donors (Lipinski definition) is 2. The van der Waals surface area contributed by atoms with Gasteiger partial charge in [0.15, 0.2) is 5.96 Å². The van der Waals surface area contributed by atoms with Gasteiger partial charge in [-0.3, -0.25) is 4.99 Å². The van der Waals surface area contributed by atoms with E-state index < -0.39 is 0 Å². The van der Waals surface area contributed by atoms with Gasteiger partial charge in [-0.05, 0) is 37.3 Å². The predicted molar refractivity (Wildman–Crippen MR) is 109 cm³/mol. The number of hydrogen-bond acceptors (Lipinski definition) is 3. The number of halogens is 2. The Morgan fingerprint density at radius 3 is 2.68 bits per heavy atom. The van der Waals surface area contributed by atoms with Crippen LogP contribution in [0.4, 0.5) is 4.39 Å². The zero-order chi connectivity index (χ0) is 17.0. The molecule has 1 fully saturated rings. The first-order valence-corrected chi connectivity index (χ1v) is 8.67. The molecule has 1 aromatic rings. The highest BCUT2D eigenvalue weighted by molar-refractivity contribution is 14.0. The van der Waals surface area contributed by atoms with Gasteiger partial charge >= 0.3 is 0 Å². The van der Waals surface area contributed by atoms with Crippen molar-refractivity contribution in [1.29, 1.82) is 0 Å². The Morgan fingerprint density at radius 2 is 1.96 bits per heavy atom. The molecule has 0 aliphatic carbocycles. The smallest absolute Gasteiger partial charge is 0.190 e. The summed E-state index contributed by atoms with van der Waals surface area (Å²) in [5.74, 6) is 0.574. The molecule has 2 N–H and O–H groups in total. The second-order valence-electron chi connectivity index (χ2n) is 5.80. The van der Waals surface area contributed by atoms with E-state index in [1.54, 1.807) is 19.2 Å².